The Balaban J connectivity index is 1.48. The minimum atomic E-state index is -0.492. The second kappa shape index (κ2) is 7.41. The van der Waals surface area contributed by atoms with Crippen molar-refractivity contribution >= 4 is 6.03 Å². The van der Waals surface area contributed by atoms with Gasteiger partial charge in [0.25, 0.3) is 0 Å². The third-order valence-electron chi connectivity index (χ3n) is 4.89. The molecule has 1 aliphatic heterocycles. The van der Waals surface area contributed by atoms with E-state index in [9.17, 15) is 9.18 Å². The number of urea groups is 1. The summed E-state index contributed by atoms with van der Waals surface area (Å²) in [5, 5.41) is 10.3. The smallest absolute Gasteiger partial charge is 0.315 e. The Bertz CT molecular complexity index is 979. The average Bonchev–Trinajstić information content (AvgIpc) is 3.24. The van der Waals surface area contributed by atoms with Gasteiger partial charge in [0.1, 0.15) is 29.3 Å². The molecule has 8 nitrogen and oxygen atoms in total. The Labute approximate surface area is 161 Å². The Kier molecular flexibility index (Phi) is 4.81. The van der Waals surface area contributed by atoms with Crippen LogP contribution in [0.2, 0.25) is 0 Å². The quantitative estimate of drug-likeness (QED) is 0.720. The van der Waals surface area contributed by atoms with Crippen molar-refractivity contribution in [3.05, 3.63) is 65.5 Å². The lowest BCUT2D eigenvalue weighted by Crippen LogP contribution is -2.47. The number of hydrogen-bond acceptors (Lipinski definition) is 4. The number of rotatable bonds is 4. The number of carbonyl (C=O) groups is 1. The predicted octanol–water partition coefficient (Wildman–Crippen LogP) is 1.86. The minimum Gasteiger partial charge on any atom is -0.336 e. The fourth-order valence-corrected chi connectivity index (χ4v) is 3.52. The van der Waals surface area contributed by atoms with E-state index in [-0.39, 0.29) is 17.9 Å². The first kappa shape index (κ1) is 18.1. The first-order chi connectivity index (χ1) is 13.5. The van der Waals surface area contributed by atoms with Crippen LogP contribution in [0.3, 0.4) is 0 Å². The summed E-state index contributed by atoms with van der Waals surface area (Å²) in [7, 11) is 1.86. The number of benzene rings is 1. The summed E-state index contributed by atoms with van der Waals surface area (Å²) >= 11 is 0. The monoisotopic (exact) mass is 383 g/mol. The fourth-order valence-electron chi connectivity index (χ4n) is 3.52. The van der Waals surface area contributed by atoms with Gasteiger partial charge in [-0.05, 0) is 31.0 Å². The molecule has 9 heteroatoms. The molecule has 2 amide bonds. The number of carbonyl (C=O) groups excluding carboxylic acids is 1. The van der Waals surface area contributed by atoms with Gasteiger partial charge < -0.3 is 15.2 Å². The van der Waals surface area contributed by atoms with Gasteiger partial charge >= 0.3 is 6.03 Å². The molecule has 2 unspecified atom stereocenters. The SMILES string of the molecule is Cc1nc2n(n1)CC(NC(=O)NC(c1ccc(F)cc1)c1nccn1C)CC2. The number of nitrogens with one attached hydrogen (secondary N) is 2. The van der Waals surface area contributed by atoms with E-state index in [4.69, 9.17) is 0 Å². The van der Waals surface area contributed by atoms with E-state index in [2.05, 4.69) is 25.7 Å². The lowest BCUT2D eigenvalue weighted by molar-refractivity contribution is 0.229. The normalized spacial score (nSPS) is 17.0. The van der Waals surface area contributed by atoms with Crippen molar-refractivity contribution in [1.82, 2.24) is 34.9 Å². The molecule has 2 atom stereocenters. The van der Waals surface area contributed by atoms with Crippen molar-refractivity contribution in [3.8, 4) is 0 Å². The van der Waals surface area contributed by atoms with Crippen molar-refractivity contribution in [3.63, 3.8) is 0 Å². The number of nitrogens with zero attached hydrogens (tertiary/aromatic N) is 5. The van der Waals surface area contributed by atoms with Crippen molar-refractivity contribution < 1.29 is 9.18 Å². The molecule has 0 spiro atoms. The number of aromatic nitrogens is 5. The standard InChI is InChI=1S/C19H22FN7O/c1-12-22-16-8-7-15(11-27(16)25-12)23-19(28)24-17(18-21-9-10-26(18)2)13-3-5-14(20)6-4-13/h3-6,9-10,15,17H,7-8,11H2,1-2H3,(H2,23,24,28). The van der Waals surface area contributed by atoms with Gasteiger partial charge in [0.05, 0.1) is 12.6 Å². The molecule has 146 valence electrons. The van der Waals surface area contributed by atoms with E-state index in [1.165, 1.54) is 12.1 Å². The predicted molar refractivity (Wildman–Crippen MR) is 100.0 cm³/mol. The number of amides is 2. The number of fused-ring (bicyclic) bond motifs is 1. The lowest BCUT2D eigenvalue weighted by Gasteiger charge is -2.25. The van der Waals surface area contributed by atoms with Crippen LogP contribution in [0.5, 0.6) is 0 Å². The van der Waals surface area contributed by atoms with Gasteiger partial charge in [-0.25, -0.2) is 23.8 Å². The summed E-state index contributed by atoms with van der Waals surface area (Å²) < 4.78 is 17.0. The molecule has 1 aromatic carbocycles. The van der Waals surface area contributed by atoms with Crippen LogP contribution < -0.4 is 10.6 Å². The van der Waals surface area contributed by atoms with Gasteiger partial charge in [0.2, 0.25) is 0 Å². The van der Waals surface area contributed by atoms with Gasteiger partial charge in [0.15, 0.2) is 0 Å². The third kappa shape index (κ3) is 3.73. The topological polar surface area (TPSA) is 89.7 Å². The second-order valence-electron chi connectivity index (χ2n) is 6.99. The molecular formula is C19H22FN7O. The molecule has 28 heavy (non-hydrogen) atoms. The average molecular weight is 383 g/mol. The van der Waals surface area contributed by atoms with Gasteiger partial charge in [-0.1, -0.05) is 12.1 Å². The summed E-state index contributed by atoms with van der Waals surface area (Å²) in [6.45, 7) is 2.45. The zero-order valence-corrected chi connectivity index (χ0v) is 15.8. The molecule has 0 radical (unpaired) electrons. The van der Waals surface area contributed by atoms with Crippen LogP contribution in [-0.4, -0.2) is 36.4 Å². The highest BCUT2D eigenvalue weighted by atomic mass is 19.1. The first-order valence-corrected chi connectivity index (χ1v) is 9.19. The molecule has 0 fully saturated rings. The highest BCUT2D eigenvalue weighted by molar-refractivity contribution is 5.75. The van der Waals surface area contributed by atoms with Gasteiger partial charge in [-0.3, -0.25) is 0 Å². The Morgan fingerprint density at radius 2 is 2.11 bits per heavy atom. The minimum absolute atomic E-state index is 0.0381. The van der Waals surface area contributed by atoms with E-state index < -0.39 is 6.04 Å². The highest BCUT2D eigenvalue weighted by Crippen LogP contribution is 2.21. The molecule has 3 aromatic rings. The highest BCUT2D eigenvalue weighted by Gasteiger charge is 2.25. The summed E-state index contributed by atoms with van der Waals surface area (Å²) in [6, 6.07) is 5.22. The Hall–Kier alpha value is -3.23. The van der Waals surface area contributed by atoms with Crippen LogP contribution in [0.1, 0.15) is 35.5 Å². The van der Waals surface area contributed by atoms with Crippen molar-refractivity contribution in [2.45, 2.75) is 38.4 Å². The summed E-state index contributed by atoms with van der Waals surface area (Å²) in [4.78, 5) is 21.4. The largest absolute Gasteiger partial charge is 0.336 e. The summed E-state index contributed by atoms with van der Waals surface area (Å²) in [5.74, 6) is 2.03. The Morgan fingerprint density at radius 3 is 2.82 bits per heavy atom. The number of hydrogen-bond donors (Lipinski definition) is 2. The summed E-state index contributed by atoms with van der Waals surface area (Å²) in [6.07, 6.45) is 5.05. The molecule has 0 saturated heterocycles. The maximum atomic E-state index is 13.3. The molecule has 2 N–H and O–H groups in total. The van der Waals surface area contributed by atoms with E-state index >= 15 is 0 Å². The maximum Gasteiger partial charge on any atom is 0.315 e. The van der Waals surface area contributed by atoms with Crippen LogP contribution in [-0.2, 0) is 20.0 Å². The Morgan fingerprint density at radius 1 is 1.32 bits per heavy atom. The van der Waals surface area contributed by atoms with Crippen molar-refractivity contribution in [2.75, 3.05) is 0 Å². The van der Waals surface area contributed by atoms with Crippen LogP contribution in [0.25, 0.3) is 0 Å². The molecule has 0 bridgehead atoms. The molecule has 3 heterocycles. The molecule has 1 aliphatic rings. The van der Waals surface area contributed by atoms with E-state index in [0.717, 1.165) is 30.1 Å². The molecule has 0 saturated carbocycles. The van der Waals surface area contributed by atoms with Crippen molar-refractivity contribution in [1.29, 1.82) is 0 Å². The van der Waals surface area contributed by atoms with Gasteiger partial charge in [-0.2, -0.15) is 5.10 Å². The molecule has 4 rings (SSSR count). The van der Waals surface area contributed by atoms with Gasteiger partial charge in [0, 0.05) is 25.9 Å². The van der Waals surface area contributed by atoms with E-state index in [0.29, 0.717) is 12.4 Å². The number of aryl methyl sites for hydroxylation is 3. The number of halogens is 1. The summed E-state index contributed by atoms with van der Waals surface area (Å²) in [5.41, 5.74) is 0.753. The maximum absolute atomic E-state index is 13.3. The van der Waals surface area contributed by atoms with Crippen LogP contribution in [0.15, 0.2) is 36.7 Å². The van der Waals surface area contributed by atoms with E-state index in [1.807, 2.05) is 23.2 Å². The van der Waals surface area contributed by atoms with Crippen LogP contribution in [0.4, 0.5) is 9.18 Å². The number of imidazole rings is 1. The van der Waals surface area contributed by atoms with Gasteiger partial charge in [-0.15, -0.1) is 0 Å². The zero-order chi connectivity index (χ0) is 19.7. The van der Waals surface area contributed by atoms with Crippen molar-refractivity contribution in [2.24, 2.45) is 7.05 Å². The third-order valence-corrected chi connectivity index (χ3v) is 4.89. The van der Waals surface area contributed by atoms with Crippen LogP contribution >= 0.6 is 0 Å². The first-order valence-electron chi connectivity index (χ1n) is 9.19. The molecular weight excluding hydrogens is 361 g/mol. The molecule has 2 aromatic heterocycles. The fraction of sp³-hybridized carbons (Fsp3) is 0.368. The molecule has 0 aliphatic carbocycles. The zero-order valence-electron chi connectivity index (χ0n) is 15.8. The van der Waals surface area contributed by atoms with E-state index in [1.54, 1.807) is 24.5 Å². The lowest BCUT2D eigenvalue weighted by atomic mass is 10.1. The second-order valence-corrected chi connectivity index (χ2v) is 6.99. The van der Waals surface area contributed by atoms with Crippen LogP contribution in [0, 0.1) is 12.7 Å².